The van der Waals surface area contributed by atoms with Gasteiger partial charge in [-0.2, -0.15) is 5.10 Å². The van der Waals surface area contributed by atoms with Crippen LogP contribution in [-0.4, -0.2) is 57.4 Å². The summed E-state index contributed by atoms with van der Waals surface area (Å²) >= 11 is 1.08. The minimum atomic E-state index is -3.05. The molecule has 146 valence electrons. The van der Waals surface area contributed by atoms with Crippen molar-refractivity contribution in [3.63, 3.8) is 0 Å². The van der Waals surface area contributed by atoms with Gasteiger partial charge in [-0.05, 0) is 18.6 Å². The molecular formula is C17H17N5O4S2. The van der Waals surface area contributed by atoms with Gasteiger partial charge >= 0.3 is 0 Å². The average molecular weight is 419 g/mol. The Morgan fingerprint density at radius 3 is 2.82 bits per heavy atom. The Bertz CT molecular complexity index is 1190. The number of hydrogen-bond acceptors (Lipinski definition) is 7. The van der Waals surface area contributed by atoms with Crippen LogP contribution in [0, 0.1) is 0 Å². The number of nitrogens with zero attached hydrogens (tertiary/aromatic N) is 3. The van der Waals surface area contributed by atoms with Gasteiger partial charge in [0.2, 0.25) is 5.91 Å². The Labute approximate surface area is 164 Å². The van der Waals surface area contributed by atoms with Crippen molar-refractivity contribution in [1.29, 1.82) is 0 Å². The second-order valence-electron chi connectivity index (χ2n) is 6.46. The predicted octanol–water partition coefficient (Wildman–Crippen LogP) is 0.504. The van der Waals surface area contributed by atoms with Gasteiger partial charge in [-0.3, -0.25) is 9.59 Å². The van der Waals surface area contributed by atoms with Crippen LogP contribution in [0.1, 0.15) is 6.42 Å². The lowest BCUT2D eigenvalue weighted by atomic mass is 10.3. The number of rotatable bonds is 5. The molecule has 1 atom stereocenters. The predicted molar refractivity (Wildman–Crippen MR) is 105 cm³/mol. The topological polar surface area (TPSA) is 127 Å². The highest BCUT2D eigenvalue weighted by atomic mass is 32.2. The normalized spacial score (nSPS) is 18.4. The number of nitrogens with one attached hydrogen (secondary N) is 2. The van der Waals surface area contributed by atoms with Crippen molar-refractivity contribution in [1.82, 2.24) is 25.1 Å². The SMILES string of the molecule is O=C(CSc1nc2c(cnn2-c2ccccc2)c(=O)[nH]1)N[C@H]1CCS(=O)(=O)C1. The zero-order chi connectivity index (χ0) is 19.7. The summed E-state index contributed by atoms with van der Waals surface area (Å²) in [4.78, 5) is 31.5. The number of sulfone groups is 1. The first-order valence-electron chi connectivity index (χ1n) is 8.57. The first-order valence-corrected chi connectivity index (χ1v) is 11.4. The smallest absolute Gasteiger partial charge is 0.262 e. The molecule has 0 spiro atoms. The maximum absolute atomic E-state index is 12.3. The molecule has 3 aromatic rings. The second kappa shape index (κ2) is 7.40. The maximum atomic E-state index is 12.3. The van der Waals surface area contributed by atoms with Crippen molar-refractivity contribution < 1.29 is 13.2 Å². The summed E-state index contributed by atoms with van der Waals surface area (Å²) in [5.74, 6) is -0.211. The number of para-hydroxylation sites is 1. The average Bonchev–Trinajstić information content (AvgIpc) is 3.24. The van der Waals surface area contributed by atoms with E-state index >= 15 is 0 Å². The third-order valence-corrected chi connectivity index (χ3v) is 7.00. The zero-order valence-corrected chi connectivity index (χ0v) is 16.3. The van der Waals surface area contributed by atoms with E-state index in [9.17, 15) is 18.0 Å². The molecule has 4 rings (SSSR count). The summed E-state index contributed by atoms with van der Waals surface area (Å²) < 4.78 is 24.5. The summed E-state index contributed by atoms with van der Waals surface area (Å²) in [6.45, 7) is 0. The van der Waals surface area contributed by atoms with Gasteiger partial charge < -0.3 is 10.3 Å². The second-order valence-corrected chi connectivity index (χ2v) is 9.65. The van der Waals surface area contributed by atoms with Crippen LogP contribution in [0.2, 0.25) is 0 Å². The number of aromatic amines is 1. The molecular weight excluding hydrogens is 402 g/mol. The van der Waals surface area contributed by atoms with Gasteiger partial charge in [0.15, 0.2) is 20.6 Å². The molecule has 2 aromatic heterocycles. The molecule has 1 saturated heterocycles. The zero-order valence-electron chi connectivity index (χ0n) is 14.7. The van der Waals surface area contributed by atoms with Crippen LogP contribution < -0.4 is 10.9 Å². The fraction of sp³-hybridized carbons (Fsp3) is 0.294. The number of amides is 1. The van der Waals surface area contributed by atoms with Gasteiger partial charge in [-0.15, -0.1) is 0 Å². The summed E-state index contributed by atoms with van der Waals surface area (Å²) in [5, 5.41) is 7.60. The minimum absolute atomic E-state index is 0.0183. The third kappa shape index (κ3) is 3.94. The van der Waals surface area contributed by atoms with Crippen molar-refractivity contribution in [2.45, 2.75) is 17.6 Å². The van der Waals surface area contributed by atoms with E-state index in [0.29, 0.717) is 22.6 Å². The largest absolute Gasteiger partial charge is 0.352 e. The van der Waals surface area contributed by atoms with Gasteiger partial charge in [-0.1, -0.05) is 30.0 Å². The summed E-state index contributed by atoms with van der Waals surface area (Å²) in [6, 6.07) is 8.95. The lowest BCUT2D eigenvalue weighted by Crippen LogP contribution is -2.36. The quantitative estimate of drug-likeness (QED) is 0.455. The monoisotopic (exact) mass is 419 g/mol. The van der Waals surface area contributed by atoms with Crippen molar-refractivity contribution in [2.75, 3.05) is 17.3 Å². The standard InChI is InChI=1S/C17H17N5O4S2/c23-14(19-11-6-7-28(25,26)10-11)9-27-17-20-15-13(16(24)21-17)8-18-22(15)12-4-2-1-3-5-12/h1-5,8,11H,6-7,9-10H2,(H,19,23)(H,20,21,24)/t11-/m0/s1. The lowest BCUT2D eigenvalue weighted by Gasteiger charge is -2.10. The maximum Gasteiger partial charge on any atom is 0.262 e. The third-order valence-electron chi connectivity index (χ3n) is 4.35. The molecule has 1 aromatic carbocycles. The molecule has 0 unspecified atom stereocenters. The number of fused-ring (bicyclic) bond motifs is 1. The van der Waals surface area contributed by atoms with Gasteiger partial charge in [0.25, 0.3) is 5.56 Å². The molecule has 1 amide bonds. The minimum Gasteiger partial charge on any atom is -0.352 e. The number of H-pyrrole nitrogens is 1. The summed E-state index contributed by atoms with van der Waals surface area (Å²) in [7, 11) is -3.05. The summed E-state index contributed by atoms with van der Waals surface area (Å²) in [6.07, 6.45) is 1.88. The number of carbonyl (C=O) groups is 1. The van der Waals surface area contributed by atoms with Crippen LogP contribution in [0.15, 0.2) is 46.5 Å². The highest BCUT2D eigenvalue weighted by Crippen LogP contribution is 2.18. The van der Waals surface area contributed by atoms with Crippen LogP contribution in [-0.2, 0) is 14.6 Å². The Balaban J connectivity index is 1.50. The molecule has 1 aliphatic heterocycles. The number of carbonyl (C=O) groups excluding carboxylic acids is 1. The molecule has 0 aliphatic carbocycles. The Morgan fingerprint density at radius 1 is 1.32 bits per heavy atom. The van der Waals surface area contributed by atoms with E-state index in [1.165, 1.54) is 6.20 Å². The fourth-order valence-corrected chi connectivity index (χ4v) is 5.38. The van der Waals surface area contributed by atoms with Crippen molar-refractivity contribution >= 4 is 38.5 Å². The van der Waals surface area contributed by atoms with E-state index in [1.807, 2.05) is 30.3 Å². The van der Waals surface area contributed by atoms with Crippen LogP contribution in [0.3, 0.4) is 0 Å². The first kappa shape index (κ1) is 18.7. The Kier molecular flexibility index (Phi) is 4.94. The lowest BCUT2D eigenvalue weighted by molar-refractivity contribution is -0.119. The van der Waals surface area contributed by atoms with Gasteiger partial charge in [0.05, 0.1) is 29.1 Å². The number of thioether (sulfide) groups is 1. The fourth-order valence-electron chi connectivity index (χ4n) is 3.04. The van der Waals surface area contributed by atoms with Gasteiger partial charge in [-0.25, -0.2) is 18.1 Å². The van der Waals surface area contributed by atoms with Crippen molar-refractivity contribution in [2.24, 2.45) is 0 Å². The molecule has 9 nitrogen and oxygen atoms in total. The molecule has 3 heterocycles. The Morgan fingerprint density at radius 2 is 2.11 bits per heavy atom. The Hall–Kier alpha value is -2.66. The van der Waals surface area contributed by atoms with Gasteiger partial charge in [0.1, 0.15) is 5.39 Å². The highest BCUT2D eigenvalue weighted by molar-refractivity contribution is 7.99. The number of aromatic nitrogens is 4. The van der Waals surface area contributed by atoms with E-state index in [4.69, 9.17) is 0 Å². The van der Waals surface area contributed by atoms with Gasteiger partial charge in [0, 0.05) is 6.04 Å². The van der Waals surface area contributed by atoms with Crippen LogP contribution >= 0.6 is 11.8 Å². The molecule has 28 heavy (non-hydrogen) atoms. The van der Waals surface area contributed by atoms with Crippen LogP contribution in [0.5, 0.6) is 0 Å². The molecule has 0 radical (unpaired) electrons. The van der Waals surface area contributed by atoms with E-state index in [-0.39, 0.29) is 34.8 Å². The van der Waals surface area contributed by atoms with Crippen molar-refractivity contribution in [3.8, 4) is 5.69 Å². The van der Waals surface area contributed by atoms with E-state index < -0.39 is 9.84 Å². The molecule has 1 aliphatic rings. The van der Waals surface area contributed by atoms with E-state index in [2.05, 4.69) is 20.4 Å². The summed E-state index contributed by atoms with van der Waals surface area (Å²) in [5.41, 5.74) is 0.837. The van der Waals surface area contributed by atoms with Crippen LogP contribution in [0.25, 0.3) is 16.7 Å². The van der Waals surface area contributed by atoms with Crippen molar-refractivity contribution in [3.05, 3.63) is 46.9 Å². The molecule has 0 saturated carbocycles. The number of benzene rings is 1. The molecule has 1 fully saturated rings. The van der Waals surface area contributed by atoms with Crippen LogP contribution in [0.4, 0.5) is 0 Å². The molecule has 2 N–H and O–H groups in total. The van der Waals surface area contributed by atoms with E-state index in [0.717, 1.165) is 17.4 Å². The van der Waals surface area contributed by atoms with E-state index in [1.54, 1.807) is 4.68 Å². The molecule has 11 heteroatoms. The first-order chi connectivity index (χ1) is 13.4. The highest BCUT2D eigenvalue weighted by Gasteiger charge is 2.28. The number of hydrogen-bond donors (Lipinski definition) is 2. The molecule has 0 bridgehead atoms.